The van der Waals surface area contributed by atoms with Gasteiger partial charge >= 0.3 is 5.97 Å². The molecule has 2 aromatic carbocycles. The Hall–Kier alpha value is -2.62. The van der Waals surface area contributed by atoms with E-state index in [9.17, 15) is 9.90 Å². The fourth-order valence-corrected chi connectivity index (χ4v) is 2.32. The number of hydrogen-bond donors (Lipinski definition) is 2. The Morgan fingerprint density at radius 2 is 2.00 bits per heavy atom. The van der Waals surface area contributed by atoms with Crippen LogP contribution in [0.4, 0.5) is 0 Å². The number of carboxylic acid groups (broad SMARTS) is 1. The maximum atomic E-state index is 11.2. The van der Waals surface area contributed by atoms with Crippen LogP contribution in [0.15, 0.2) is 36.4 Å². The molecule has 0 aliphatic heterocycles. The number of aromatic amines is 1. The summed E-state index contributed by atoms with van der Waals surface area (Å²) in [5.74, 6) is -0.260. The van der Waals surface area contributed by atoms with E-state index in [2.05, 4.69) is 9.97 Å². The molecule has 0 unspecified atom stereocenters. The Bertz CT molecular complexity index is 818. The molecule has 4 heteroatoms. The minimum absolute atomic E-state index is 0.218. The van der Waals surface area contributed by atoms with Crippen molar-refractivity contribution in [3.05, 3.63) is 53.1 Å². The standard InChI is InChI=1S/C16H14N2O2/c1-9-6-7-10(2)12(8-9)15-17-13-5-3-4-11(16(19)20)14(13)18-15/h3-8H,1-2H3,(H,17,18)(H,19,20). The smallest absolute Gasteiger partial charge is 0.337 e. The third-order valence-electron chi connectivity index (χ3n) is 3.39. The summed E-state index contributed by atoms with van der Waals surface area (Å²) in [6.07, 6.45) is 0. The molecule has 0 amide bonds. The molecule has 1 aromatic heterocycles. The predicted octanol–water partition coefficient (Wildman–Crippen LogP) is 3.54. The van der Waals surface area contributed by atoms with E-state index in [0.29, 0.717) is 11.3 Å². The van der Waals surface area contributed by atoms with E-state index in [0.717, 1.165) is 22.2 Å². The average molecular weight is 266 g/mol. The molecule has 0 radical (unpaired) electrons. The van der Waals surface area contributed by atoms with E-state index >= 15 is 0 Å². The molecule has 3 rings (SSSR count). The van der Waals surface area contributed by atoms with Gasteiger partial charge in [0.05, 0.1) is 11.1 Å². The summed E-state index contributed by atoms with van der Waals surface area (Å²) in [6, 6.07) is 11.3. The van der Waals surface area contributed by atoms with Crippen molar-refractivity contribution in [3.63, 3.8) is 0 Å². The molecule has 0 spiro atoms. The van der Waals surface area contributed by atoms with Crippen molar-refractivity contribution in [2.45, 2.75) is 13.8 Å². The van der Waals surface area contributed by atoms with E-state index in [1.54, 1.807) is 12.1 Å². The molecule has 3 aromatic rings. The summed E-state index contributed by atoms with van der Waals surface area (Å²) in [4.78, 5) is 18.9. The van der Waals surface area contributed by atoms with Gasteiger partial charge < -0.3 is 10.1 Å². The van der Waals surface area contributed by atoms with Gasteiger partial charge in [0.25, 0.3) is 0 Å². The molecule has 0 atom stereocenters. The molecule has 100 valence electrons. The molecule has 0 bridgehead atoms. The van der Waals surface area contributed by atoms with Crippen LogP contribution in [0.5, 0.6) is 0 Å². The zero-order chi connectivity index (χ0) is 14.3. The largest absolute Gasteiger partial charge is 0.478 e. The summed E-state index contributed by atoms with van der Waals surface area (Å²) >= 11 is 0. The summed E-state index contributed by atoms with van der Waals surface area (Å²) in [5.41, 5.74) is 4.70. The summed E-state index contributed by atoms with van der Waals surface area (Å²) < 4.78 is 0. The maximum absolute atomic E-state index is 11.2. The van der Waals surface area contributed by atoms with E-state index < -0.39 is 5.97 Å². The summed E-state index contributed by atoms with van der Waals surface area (Å²) in [7, 11) is 0. The molecule has 4 nitrogen and oxygen atoms in total. The van der Waals surface area contributed by atoms with Crippen LogP contribution in [-0.4, -0.2) is 21.0 Å². The lowest BCUT2D eigenvalue weighted by Gasteiger charge is -2.03. The maximum Gasteiger partial charge on any atom is 0.337 e. The Morgan fingerprint density at radius 1 is 1.20 bits per heavy atom. The molecule has 0 saturated carbocycles. The van der Waals surface area contributed by atoms with Crippen LogP contribution in [0.1, 0.15) is 21.5 Å². The number of para-hydroxylation sites is 1. The van der Waals surface area contributed by atoms with Crippen LogP contribution in [0.3, 0.4) is 0 Å². The lowest BCUT2D eigenvalue weighted by Crippen LogP contribution is -1.96. The highest BCUT2D eigenvalue weighted by Gasteiger charge is 2.14. The first-order chi connectivity index (χ1) is 9.56. The minimum Gasteiger partial charge on any atom is -0.478 e. The van der Waals surface area contributed by atoms with Crippen molar-refractivity contribution < 1.29 is 9.90 Å². The van der Waals surface area contributed by atoms with Crippen molar-refractivity contribution in [2.75, 3.05) is 0 Å². The second-order valence-corrected chi connectivity index (χ2v) is 4.91. The van der Waals surface area contributed by atoms with Crippen LogP contribution in [0, 0.1) is 13.8 Å². The fourth-order valence-electron chi connectivity index (χ4n) is 2.32. The normalized spacial score (nSPS) is 10.9. The number of carbonyl (C=O) groups is 1. The number of fused-ring (bicyclic) bond motifs is 1. The Morgan fingerprint density at radius 3 is 2.75 bits per heavy atom. The zero-order valence-electron chi connectivity index (χ0n) is 11.3. The number of imidazole rings is 1. The molecule has 0 aliphatic carbocycles. The number of aryl methyl sites for hydroxylation is 2. The van der Waals surface area contributed by atoms with Gasteiger partial charge in [0, 0.05) is 5.56 Å². The Labute approximate surface area is 116 Å². The molecule has 2 N–H and O–H groups in total. The highest BCUT2D eigenvalue weighted by Crippen LogP contribution is 2.26. The lowest BCUT2D eigenvalue weighted by atomic mass is 10.1. The van der Waals surface area contributed by atoms with Crippen molar-refractivity contribution in [1.29, 1.82) is 0 Å². The number of aromatic nitrogens is 2. The Kier molecular flexibility index (Phi) is 2.79. The van der Waals surface area contributed by atoms with Crippen LogP contribution in [0.2, 0.25) is 0 Å². The van der Waals surface area contributed by atoms with Crippen LogP contribution in [-0.2, 0) is 0 Å². The number of hydrogen-bond acceptors (Lipinski definition) is 2. The van der Waals surface area contributed by atoms with Crippen LogP contribution in [0.25, 0.3) is 22.4 Å². The van der Waals surface area contributed by atoms with Crippen LogP contribution >= 0.6 is 0 Å². The van der Waals surface area contributed by atoms with Gasteiger partial charge in [0.2, 0.25) is 0 Å². The minimum atomic E-state index is -0.963. The van der Waals surface area contributed by atoms with E-state index in [1.807, 2.05) is 38.1 Å². The molecular formula is C16H14N2O2. The van der Waals surface area contributed by atoms with Crippen molar-refractivity contribution in [2.24, 2.45) is 0 Å². The molecule has 0 aliphatic rings. The lowest BCUT2D eigenvalue weighted by molar-refractivity contribution is 0.0699. The van der Waals surface area contributed by atoms with Gasteiger partial charge in [-0.15, -0.1) is 0 Å². The van der Waals surface area contributed by atoms with Gasteiger partial charge in [0.15, 0.2) is 0 Å². The van der Waals surface area contributed by atoms with Crippen molar-refractivity contribution in [3.8, 4) is 11.4 Å². The molecule has 20 heavy (non-hydrogen) atoms. The SMILES string of the molecule is Cc1ccc(C)c(-c2nc3c(C(=O)O)cccc3[nH]2)c1. The first-order valence-corrected chi connectivity index (χ1v) is 6.36. The van der Waals surface area contributed by atoms with E-state index in [4.69, 9.17) is 0 Å². The number of H-pyrrole nitrogens is 1. The number of benzene rings is 2. The molecular weight excluding hydrogens is 252 g/mol. The number of nitrogens with one attached hydrogen (secondary N) is 1. The van der Waals surface area contributed by atoms with Gasteiger partial charge in [-0.25, -0.2) is 9.78 Å². The fraction of sp³-hybridized carbons (Fsp3) is 0.125. The second-order valence-electron chi connectivity index (χ2n) is 4.91. The van der Waals surface area contributed by atoms with Crippen molar-refractivity contribution >= 4 is 17.0 Å². The number of aromatic carboxylic acids is 1. The summed E-state index contributed by atoms with van der Waals surface area (Å²) in [6.45, 7) is 4.04. The van der Waals surface area contributed by atoms with Crippen molar-refractivity contribution in [1.82, 2.24) is 9.97 Å². The number of rotatable bonds is 2. The van der Waals surface area contributed by atoms with Crippen LogP contribution < -0.4 is 0 Å². The average Bonchev–Trinajstić information content (AvgIpc) is 2.84. The molecule has 0 fully saturated rings. The number of carboxylic acids is 1. The van der Waals surface area contributed by atoms with Gasteiger partial charge in [-0.1, -0.05) is 23.8 Å². The Balaban J connectivity index is 2.26. The third kappa shape index (κ3) is 1.95. The molecule has 0 saturated heterocycles. The van der Waals surface area contributed by atoms with Gasteiger partial charge in [-0.2, -0.15) is 0 Å². The predicted molar refractivity (Wildman–Crippen MR) is 78.0 cm³/mol. The monoisotopic (exact) mass is 266 g/mol. The topological polar surface area (TPSA) is 66.0 Å². The van der Waals surface area contributed by atoms with Gasteiger partial charge in [0.1, 0.15) is 11.3 Å². The quantitative estimate of drug-likeness (QED) is 0.745. The zero-order valence-corrected chi connectivity index (χ0v) is 11.3. The first kappa shape index (κ1) is 12.4. The third-order valence-corrected chi connectivity index (χ3v) is 3.39. The molecule has 1 heterocycles. The second kappa shape index (κ2) is 4.49. The highest BCUT2D eigenvalue weighted by molar-refractivity contribution is 6.01. The van der Waals surface area contributed by atoms with Gasteiger partial charge in [-0.05, 0) is 37.6 Å². The van der Waals surface area contributed by atoms with E-state index in [1.165, 1.54) is 0 Å². The summed E-state index contributed by atoms with van der Waals surface area (Å²) in [5, 5.41) is 9.21. The van der Waals surface area contributed by atoms with Gasteiger partial charge in [-0.3, -0.25) is 0 Å². The highest BCUT2D eigenvalue weighted by atomic mass is 16.4. The number of nitrogens with zero attached hydrogens (tertiary/aromatic N) is 1. The first-order valence-electron chi connectivity index (χ1n) is 6.36. The van der Waals surface area contributed by atoms with E-state index in [-0.39, 0.29) is 5.56 Å².